The molecule has 4 rings (SSSR count). The zero-order valence-electron chi connectivity index (χ0n) is 15.1. The van der Waals surface area contributed by atoms with Crippen molar-refractivity contribution in [1.82, 2.24) is 0 Å². The van der Waals surface area contributed by atoms with E-state index in [4.69, 9.17) is 5.73 Å². The van der Waals surface area contributed by atoms with Crippen LogP contribution < -0.4 is 5.73 Å². The first-order valence-electron chi connectivity index (χ1n) is 10.2. The summed E-state index contributed by atoms with van der Waals surface area (Å²) in [6.45, 7) is 7.76. The maximum Gasteiger partial charge on any atom is 0.00418 e. The Morgan fingerprint density at radius 3 is 2.36 bits per heavy atom. The number of nitrogens with two attached hydrogens (primary N) is 1. The van der Waals surface area contributed by atoms with Gasteiger partial charge in [0.2, 0.25) is 0 Å². The summed E-state index contributed by atoms with van der Waals surface area (Å²) in [4.78, 5) is 0. The zero-order chi connectivity index (χ0) is 15.5. The number of hydrogen-bond acceptors (Lipinski definition) is 1. The molecule has 0 amide bonds. The zero-order valence-corrected chi connectivity index (χ0v) is 15.1. The number of rotatable bonds is 1. The van der Waals surface area contributed by atoms with Crippen LogP contribution in [0.5, 0.6) is 0 Å². The van der Waals surface area contributed by atoms with Crippen molar-refractivity contribution in [1.29, 1.82) is 0 Å². The van der Waals surface area contributed by atoms with Crippen LogP contribution in [0.25, 0.3) is 0 Å². The predicted molar refractivity (Wildman–Crippen MR) is 93.5 cm³/mol. The fourth-order valence-corrected chi connectivity index (χ4v) is 8.07. The van der Waals surface area contributed by atoms with Gasteiger partial charge in [0.1, 0.15) is 0 Å². The average molecular weight is 304 g/mol. The number of fused-ring (bicyclic) bond motifs is 5. The van der Waals surface area contributed by atoms with E-state index >= 15 is 0 Å². The summed E-state index contributed by atoms with van der Waals surface area (Å²) >= 11 is 0. The maximum atomic E-state index is 6.31. The molecule has 4 fully saturated rings. The molecule has 8 unspecified atom stereocenters. The molecule has 2 N–H and O–H groups in total. The van der Waals surface area contributed by atoms with E-state index in [1.54, 1.807) is 0 Å². The first-order valence-corrected chi connectivity index (χ1v) is 10.2. The van der Waals surface area contributed by atoms with Crippen molar-refractivity contribution in [3.63, 3.8) is 0 Å². The van der Waals surface area contributed by atoms with Crippen molar-refractivity contribution in [3.8, 4) is 0 Å². The lowest BCUT2D eigenvalue weighted by Gasteiger charge is -2.61. The highest BCUT2D eigenvalue weighted by Crippen LogP contribution is 2.67. The standard InChI is InChI=1S/C21H37N/c1-4-14-6-8-18-17-7-5-15-13-16(22)9-11-21(15,3)19(17)10-12-20(14,18)2/h14-19H,4-13,22H2,1-3H3. The second-order valence-corrected chi connectivity index (χ2v) is 9.92. The lowest BCUT2D eigenvalue weighted by atomic mass is 9.44. The van der Waals surface area contributed by atoms with Gasteiger partial charge in [-0.3, -0.25) is 0 Å². The van der Waals surface area contributed by atoms with Crippen molar-refractivity contribution < 1.29 is 0 Å². The molecule has 4 saturated carbocycles. The van der Waals surface area contributed by atoms with Gasteiger partial charge in [0.05, 0.1) is 0 Å². The first kappa shape index (κ1) is 15.5. The number of hydrogen-bond donors (Lipinski definition) is 1. The summed E-state index contributed by atoms with van der Waals surface area (Å²) in [5.74, 6) is 5.07. The smallest absolute Gasteiger partial charge is 0.00418 e. The van der Waals surface area contributed by atoms with E-state index in [9.17, 15) is 0 Å². The molecule has 126 valence electrons. The Balaban J connectivity index is 1.61. The molecule has 0 aliphatic heterocycles. The van der Waals surface area contributed by atoms with Gasteiger partial charge in [0.15, 0.2) is 0 Å². The molecule has 0 radical (unpaired) electrons. The van der Waals surface area contributed by atoms with Crippen LogP contribution in [0.1, 0.15) is 85.0 Å². The molecule has 4 aliphatic carbocycles. The highest BCUT2D eigenvalue weighted by molar-refractivity contribution is 5.09. The summed E-state index contributed by atoms with van der Waals surface area (Å²) in [6.07, 6.45) is 14.5. The van der Waals surface area contributed by atoms with Crippen LogP contribution in [0.2, 0.25) is 0 Å². The Morgan fingerprint density at radius 1 is 0.864 bits per heavy atom. The highest BCUT2D eigenvalue weighted by atomic mass is 14.7. The summed E-state index contributed by atoms with van der Waals surface area (Å²) in [7, 11) is 0. The van der Waals surface area contributed by atoms with Crippen molar-refractivity contribution in [2.24, 2.45) is 46.2 Å². The van der Waals surface area contributed by atoms with Gasteiger partial charge >= 0.3 is 0 Å². The largest absolute Gasteiger partial charge is 0.328 e. The van der Waals surface area contributed by atoms with Gasteiger partial charge in [-0.05, 0) is 98.2 Å². The third-order valence-electron chi connectivity index (χ3n) is 9.40. The van der Waals surface area contributed by atoms with Gasteiger partial charge in [-0.25, -0.2) is 0 Å². The fraction of sp³-hybridized carbons (Fsp3) is 1.00. The van der Waals surface area contributed by atoms with Gasteiger partial charge in [-0.15, -0.1) is 0 Å². The SMILES string of the molecule is CCC1CCC2C3CCC4CC(N)CCC4(C)C3CCC12C. The van der Waals surface area contributed by atoms with Gasteiger partial charge < -0.3 is 5.73 Å². The van der Waals surface area contributed by atoms with Crippen LogP contribution in [-0.2, 0) is 0 Å². The molecule has 0 saturated heterocycles. The van der Waals surface area contributed by atoms with Crippen molar-refractivity contribution in [3.05, 3.63) is 0 Å². The van der Waals surface area contributed by atoms with E-state index in [-0.39, 0.29) is 0 Å². The predicted octanol–water partition coefficient (Wildman–Crippen LogP) is 5.38. The molecule has 0 heterocycles. The van der Waals surface area contributed by atoms with Crippen LogP contribution in [-0.4, -0.2) is 6.04 Å². The molecule has 4 aliphatic rings. The molecule has 1 heteroatoms. The molecular weight excluding hydrogens is 266 g/mol. The van der Waals surface area contributed by atoms with E-state index < -0.39 is 0 Å². The minimum Gasteiger partial charge on any atom is -0.328 e. The van der Waals surface area contributed by atoms with Crippen LogP contribution in [0.15, 0.2) is 0 Å². The Bertz CT molecular complexity index is 432. The van der Waals surface area contributed by atoms with Crippen molar-refractivity contribution >= 4 is 0 Å². The lowest BCUT2D eigenvalue weighted by Crippen LogP contribution is -2.54. The van der Waals surface area contributed by atoms with E-state index in [0.29, 0.717) is 16.9 Å². The summed E-state index contributed by atoms with van der Waals surface area (Å²) in [6, 6.07) is 0.499. The monoisotopic (exact) mass is 303 g/mol. The third kappa shape index (κ3) is 2.00. The average Bonchev–Trinajstić information content (AvgIpc) is 2.84. The molecule has 8 atom stereocenters. The third-order valence-corrected chi connectivity index (χ3v) is 9.40. The Hall–Kier alpha value is -0.0400. The van der Waals surface area contributed by atoms with Crippen LogP contribution in [0, 0.1) is 40.4 Å². The molecule has 0 aromatic heterocycles. The van der Waals surface area contributed by atoms with Gasteiger partial charge in [-0.2, -0.15) is 0 Å². The normalized spacial score (nSPS) is 57.8. The fourth-order valence-electron chi connectivity index (χ4n) is 8.07. The van der Waals surface area contributed by atoms with Crippen LogP contribution in [0.4, 0.5) is 0 Å². The molecule has 1 nitrogen and oxygen atoms in total. The molecule has 0 bridgehead atoms. The molecule has 0 spiro atoms. The Morgan fingerprint density at radius 2 is 1.59 bits per heavy atom. The minimum absolute atomic E-state index is 0.499. The lowest BCUT2D eigenvalue weighted by molar-refractivity contribution is -0.113. The van der Waals surface area contributed by atoms with E-state index in [0.717, 1.165) is 29.6 Å². The highest BCUT2D eigenvalue weighted by Gasteiger charge is 2.59. The first-order chi connectivity index (χ1) is 10.5. The van der Waals surface area contributed by atoms with Crippen LogP contribution >= 0.6 is 0 Å². The molecule has 0 aromatic carbocycles. The van der Waals surface area contributed by atoms with E-state index in [1.807, 2.05) is 0 Å². The van der Waals surface area contributed by atoms with Crippen LogP contribution in [0.3, 0.4) is 0 Å². The second-order valence-electron chi connectivity index (χ2n) is 9.92. The summed E-state index contributed by atoms with van der Waals surface area (Å²) in [5.41, 5.74) is 7.63. The summed E-state index contributed by atoms with van der Waals surface area (Å²) < 4.78 is 0. The molecule has 0 aromatic rings. The van der Waals surface area contributed by atoms with Gasteiger partial charge in [0.25, 0.3) is 0 Å². The second kappa shape index (κ2) is 5.23. The summed E-state index contributed by atoms with van der Waals surface area (Å²) in [5, 5.41) is 0. The van der Waals surface area contributed by atoms with Crippen molar-refractivity contribution in [2.45, 2.75) is 91.0 Å². The van der Waals surface area contributed by atoms with Gasteiger partial charge in [-0.1, -0.05) is 27.2 Å². The molecular formula is C21H37N. The Labute approximate surface area is 137 Å². The Kier molecular flexibility index (Phi) is 3.68. The topological polar surface area (TPSA) is 26.0 Å². The van der Waals surface area contributed by atoms with E-state index in [1.165, 1.54) is 64.2 Å². The van der Waals surface area contributed by atoms with Crippen molar-refractivity contribution in [2.75, 3.05) is 0 Å². The quantitative estimate of drug-likeness (QED) is 0.691. The van der Waals surface area contributed by atoms with E-state index in [2.05, 4.69) is 20.8 Å². The van der Waals surface area contributed by atoms with Gasteiger partial charge in [0, 0.05) is 6.04 Å². The maximum absolute atomic E-state index is 6.31. The minimum atomic E-state index is 0.499. The molecule has 22 heavy (non-hydrogen) atoms.